The van der Waals surface area contributed by atoms with Crippen molar-refractivity contribution >= 4 is 23.2 Å². The standard InChI is InChI=1S/C18H24N2O3S/c21-16(11-14-5-4-10-24-14)20-15(17(22)19-13-6-7-13)12-23-18(20)8-2-1-3-9-18/h4-5,10,13,15H,1-3,6-9,11-12H2,(H,19,22). The Morgan fingerprint density at radius 2 is 2.08 bits per heavy atom. The predicted molar refractivity (Wildman–Crippen MR) is 91.6 cm³/mol. The number of carbonyl (C=O) groups is 2. The Labute approximate surface area is 146 Å². The summed E-state index contributed by atoms with van der Waals surface area (Å²) in [6, 6.07) is 3.76. The van der Waals surface area contributed by atoms with Crippen molar-refractivity contribution in [3.63, 3.8) is 0 Å². The van der Waals surface area contributed by atoms with Gasteiger partial charge in [-0.2, -0.15) is 0 Å². The van der Waals surface area contributed by atoms with Gasteiger partial charge in [-0.25, -0.2) is 0 Å². The van der Waals surface area contributed by atoms with Gasteiger partial charge >= 0.3 is 0 Å². The highest BCUT2D eigenvalue weighted by Crippen LogP contribution is 2.41. The average molecular weight is 348 g/mol. The molecule has 1 N–H and O–H groups in total. The molecule has 1 aliphatic heterocycles. The fraction of sp³-hybridized carbons (Fsp3) is 0.667. The molecule has 2 saturated carbocycles. The van der Waals surface area contributed by atoms with Gasteiger partial charge in [0.2, 0.25) is 11.8 Å². The Morgan fingerprint density at radius 1 is 1.29 bits per heavy atom. The minimum Gasteiger partial charge on any atom is -0.353 e. The summed E-state index contributed by atoms with van der Waals surface area (Å²) in [6.07, 6.45) is 7.43. The van der Waals surface area contributed by atoms with Gasteiger partial charge in [-0.05, 0) is 50.0 Å². The van der Waals surface area contributed by atoms with Crippen molar-refractivity contribution in [2.24, 2.45) is 0 Å². The first-order chi connectivity index (χ1) is 11.7. The summed E-state index contributed by atoms with van der Waals surface area (Å²) in [4.78, 5) is 28.6. The Balaban J connectivity index is 1.56. The molecular formula is C18H24N2O3S. The van der Waals surface area contributed by atoms with Gasteiger partial charge in [-0.15, -0.1) is 11.3 Å². The number of nitrogens with zero attached hydrogens (tertiary/aromatic N) is 1. The van der Waals surface area contributed by atoms with Crippen LogP contribution in [-0.2, 0) is 20.7 Å². The molecule has 2 heterocycles. The third-order valence-corrected chi connectivity index (χ3v) is 6.17. The molecule has 6 heteroatoms. The molecule has 0 bridgehead atoms. The molecule has 1 saturated heterocycles. The summed E-state index contributed by atoms with van der Waals surface area (Å²) in [5.41, 5.74) is -0.557. The SMILES string of the molecule is O=C(NC1CC1)C1COC2(CCCCC2)N1C(=O)Cc1cccs1. The fourth-order valence-electron chi connectivity index (χ4n) is 3.92. The lowest BCUT2D eigenvalue weighted by Gasteiger charge is -2.41. The zero-order chi connectivity index (χ0) is 16.6. The summed E-state index contributed by atoms with van der Waals surface area (Å²) < 4.78 is 6.12. The average Bonchev–Trinajstić information content (AvgIpc) is 3.10. The minimum atomic E-state index is -0.557. The van der Waals surface area contributed by atoms with Crippen molar-refractivity contribution in [1.29, 1.82) is 0 Å². The van der Waals surface area contributed by atoms with E-state index in [0.717, 1.165) is 43.4 Å². The Kier molecular flexibility index (Phi) is 4.35. The van der Waals surface area contributed by atoms with Gasteiger partial charge in [0, 0.05) is 10.9 Å². The van der Waals surface area contributed by atoms with E-state index in [2.05, 4.69) is 5.32 Å². The summed E-state index contributed by atoms with van der Waals surface area (Å²) in [6.45, 7) is 0.328. The maximum atomic E-state index is 13.1. The lowest BCUT2D eigenvalue weighted by molar-refractivity contribution is -0.159. The fourth-order valence-corrected chi connectivity index (χ4v) is 4.61. The number of nitrogens with one attached hydrogen (secondary N) is 1. The molecule has 1 atom stereocenters. The van der Waals surface area contributed by atoms with Crippen LogP contribution in [0.3, 0.4) is 0 Å². The third kappa shape index (κ3) is 3.09. The molecule has 1 spiro atoms. The summed E-state index contributed by atoms with van der Waals surface area (Å²) in [5.74, 6) is -0.0210. The normalized spacial score (nSPS) is 25.8. The molecule has 0 radical (unpaired) electrons. The van der Waals surface area contributed by atoms with E-state index in [4.69, 9.17) is 4.74 Å². The van der Waals surface area contributed by atoms with Crippen LogP contribution < -0.4 is 5.32 Å². The van der Waals surface area contributed by atoms with Crippen LogP contribution in [0.5, 0.6) is 0 Å². The number of thiophene rings is 1. The molecule has 3 fully saturated rings. The summed E-state index contributed by atoms with van der Waals surface area (Å²) >= 11 is 1.59. The zero-order valence-corrected chi connectivity index (χ0v) is 14.6. The maximum Gasteiger partial charge on any atom is 0.245 e. The van der Waals surface area contributed by atoms with Crippen LogP contribution in [0.4, 0.5) is 0 Å². The zero-order valence-electron chi connectivity index (χ0n) is 13.8. The number of carbonyl (C=O) groups excluding carboxylic acids is 2. The molecular weight excluding hydrogens is 324 g/mol. The van der Waals surface area contributed by atoms with Gasteiger partial charge in [0.1, 0.15) is 11.8 Å². The molecule has 1 unspecified atom stereocenters. The molecule has 2 aliphatic carbocycles. The van der Waals surface area contributed by atoms with E-state index in [1.54, 1.807) is 16.2 Å². The number of rotatable bonds is 4. The Hall–Kier alpha value is -1.40. The van der Waals surface area contributed by atoms with Crippen LogP contribution in [0, 0.1) is 0 Å². The number of ether oxygens (including phenoxy) is 1. The van der Waals surface area contributed by atoms with Gasteiger partial charge in [0.05, 0.1) is 13.0 Å². The number of hydrogen-bond acceptors (Lipinski definition) is 4. The largest absolute Gasteiger partial charge is 0.353 e. The minimum absolute atomic E-state index is 0.0211. The van der Waals surface area contributed by atoms with Crippen LogP contribution in [-0.4, -0.2) is 41.1 Å². The van der Waals surface area contributed by atoms with Crippen molar-refractivity contribution in [3.8, 4) is 0 Å². The summed E-state index contributed by atoms with van der Waals surface area (Å²) in [7, 11) is 0. The smallest absolute Gasteiger partial charge is 0.245 e. The lowest BCUT2D eigenvalue weighted by Crippen LogP contribution is -2.57. The predicted octanol–water partition coefficient (Wildman–Crippen LogP) is 2.46. The van der Waals surface area contributed by atoms with Gasteiger partial charge in [0.15, 0.2) is 0 Å². The maximum absolute atomic E-state index is 13.1. The molecule has 1 aromatic heterocycles. The lowest BCUT2D eigenvalue weighted by atomic mass is 9.90. The van der Waals surface area contributed by atoms with Crippen LogP contribution in [0.1, 0.15) is 49.8 Å². The van der Waals surface area contributed by atoms with Crippen molar-refractivity contribution in [1.82, 2.24) is 10.2 Å². The van der Waals surface area contributed by atoms with Gasteiger partial charge in [-0.3, -0.25) is 14.5 Å². The monoisotopic (exact) mass is 348 g/mol. The summed E-state index contributed by atoms with van der Waals surface area (Å²) in [5, 5.41) is 5.03. The topological polar surface area (TPSA) is 58.6 Å². The molecule has 4 rings (SSSR count). The number of hydrogen-bond donors (Lipinski definition) is 1. The molecule has 5 nitrogen and oxygen atoms in total. The van der Waals surface area contributed by atoms with Crippen molar-refractivity contribution in [3.05, 3.63) is 22.4 Å². The van der Waals surface area contributed by atoms with E-state index in [9.17, 15) is 9.59 Å². The second-order valence-corrected chi connectivity index (χ2v) is 8.17. The molecule has 130 valence electrons. The first-order valence-electron chi connectivity index (χ1n) is 8.97. The van der Waals surface area contributed by atoms with E-state index in [-0.39, 0.29) is 11.8 Å². The second-order valence-electron chi connectivity index (χ2n) is 7.14. The molecule has 0 aromatic carbocycles. The van der Waals surface area contributed by atoms with Crippen molar-refractivity contribution in [2.45, 2.75) is 69.2 Å². The van der Waals surface area contributed by atoms with Crippen LogP contribution in [0.25, 0.3) is 0 Å². The van der Waals surface area contributed by atoms with Gasteiger partial charge in [-0.1, -0.05) is 12.5 Å². The molecule has 2 amide bonds. The highest BCUT2D eigenvalue weighted by atomic mass is 32.1. The number of amides is 2. The highest BCUT2D eigenvalue weighted by molar-refractivity contribution is 7.10. The van der Waals surface area contributed by atoms with Crippen molar-refractivity contribution < 1.29 is 14.3 Å². The van der Waals surface area contributed by atoms with E-state index in [1.165, 1.54) is 6.42 Å². The van der Waals surface area contributed by atoms with Crippen LogP contribution in [0.15, 0.2) is 17.5 Å². The first-order valence-corrected chi connectivity index (χ1v) is 9.85. The van der Waals surface area contributed by atoms with E-state index < -0.39 is 11.8 Å². The quantitative estimate of drug-likeness (QED) is 0.909. The third-order valence-electron chi connectivity index (χ3n) is 5.30. The van der Waals surface area contributed by atoms with E-state index in [1.807, 2.05) is 17.5 Å². The van der Waals surface area contributed by atoms with E-state index in [0.29, 0.717) is 19.1 Å². The Bertz CT molecular complexity index is 606. The van der Waals surface area contributed by atoms with Gasteiger partial charge in [0.25, 0.3) is 0 Å². The molecule has 1 aromatic rings. The van der Waals surface area contributed by atoms with Crippen molar-refractivity contribution in [2.75, 3.05) is 6.61 Å². The molecule has 24 heavy (non-hydrogen) atoms. The van der Waals surface area contributed by atoms with E-state index >= 15 is 0 Å². The second kappa shape index (κ2) is 6.48. The highest BCUT2D eigenvalue weighted by Gasteiger charge is 2.52. The first kappa shape index (κ1) is 16.1. The van der Waals surface area contributed by atoms with Crippen LogP contribution in [0.2, 0.25) is 0 Å². The van der Waals surface area contributed by atoms with Crippen LogP contribution >= 0.6 is 11.3 Å². The van der Waals surface area contributed by atoms with Gasteiger partial charge < -0.3 is 10.1 Å². The Morgan fingerprint density at radius 3 is 2.75 bits per heavy atom. The molecule has 3 aliphatic rings.